The third kappa shape index (κ3) is 3.14. The fourth-order valence-electron chi connectivity index (χ4n) is 5.12. The molecular weight excluding hydrogens is 304 g/mol. The molecule has 1 heterocycles. The van der Waals surface area contributed by atoms with Gasteiger partial charge in [0.2, 0.25) is 0 Å². The predicted octanol–water partition coefficient (Wildman–Crippen LogP) is 3.83. The summed E-state index contributed by atoms with van der Waals surface area (Å²) < 4.78 is 0. The van der Waals surface area contributed by atoms with Crippen LogP contribution in [0.2, 0.25) is 0 Å². The summed E-state index contributed by atoms with van der Waals surface area (Å²) in [4.78, 5) is 2.62. The van der Waals surface area contributed by atoms with Crippen LogP contribution >= 0.6 is 0 Å². The summed E-state index contributed by atoms with van der Waals surface area (Å²) in [7, 11) is 0. The number of likely N-dealkylation sites (tertiary alicyclic amines) is 1. The summed E-state index contributed by atoms with van der Waals surface area (Å²) in [6.45, 7) is 4.84. The quantitative estimate of drug-likeness (QED) is 0.895. The van der Waals surface area contributed by atoms with Gasteiger partial charge in [0, 0.05) is 18.5 Å². The number of piperidine rings is 1. The van der Waals surface area contributed by atoms with E-state index in [1.54, 1.807) is 11.1 Å². The molecule has 2 nitrogen and oxygen atoms in total. The van der Waals surface area contributed by atoms with Crippen molar-refractivity contribution in [3.63, 3.8) is 0 Å². The average Bonchev–Trinajstić information content (AvgIpc) is 3.20. The van der Waals surface area contributed by atoms with Crippen LogP contribution in [-0.4, -0.2) is 30.6 Å². The molecule has 25 heavy (non-hydrogen) atoms. The molecule has 1 saturated heterocycles. The van der Waals surface area contributed by atoms with Gasteiger partial charge in [-0.25, -0.2) is 0 Å². The second-order valence-corrected chi connectivity index (χ2v) is 8.23. The van der Waals surface area contributed by atoms with Crippen molar-refractivity contribution in [2.24, 2.45) is 11.8 Å². The maximum Gasteiger partial charge on any atom is 0.0233 e. The molecule has 2 fully saturated rings. The van der Waals surface area contributed by atoms with Crippen molar-refractivity contribution in [3.8, 4) is 0 Å². The molecule has 1 aliphatic heterocycles. The van der Waals surface area contributed by atoms with E-state index in [-0.39, 0.29) is 0 Å². The second kappa shape index (κ2) is 6.59. The van der Waals surface area contributed by atoms with Crippen molar-refractivity contribution in [3.05, 3.63) is 71.3 Å². The lowest BCUT2D eigenvalue weighted by Gasteiger charge is -2.32. The number of hydrogen-bond donors (Lipinski definition) is 1. The van der Waals surface area contributed by atoms with Crippen LogP contribution in [0.3, 0.4) is 0 Å². The lowest BCUT2D eigenvalue weighted by atomic mass is 9.96. The minimum Gasteiger partial charge on any atom is -0.313 e. The molecule has 3 atom stereocenters. The normalized spacial score (nSPS) is 28.6. The third-order valence-electron chi connectivity index (χ3n) is 6.64. The third-order valence-corrected chi connectivity index (χ3v) is 6.64. The molecule has 3 aliphatic rings. The standard InChI is InChI=1S/C23H28N2/c1-2-6-18(7-3-1)16-25-12-10-17(11-13-25)15-24-23-21-14-19-8-4-5-9-20(19)22(21)23/h1-9,17,21-24H,10-16H2. The molecule has 0 aromatic heterocycles. The summed E-state index contributed by atoms with van der Waals surface area (Å²) in [5.74, 6) is 2.56. The van der Waals surface area contributed by atoms with E-state index in [1.807, 2.05) is 0 Å². The Morgan fingerprint density at radius 2 is 1.68 bits per heavy atom. The SMILES string of the molecule is c1ccc(CN2CCC(CNC3C4Cc5ccccc5C43)CC2)cc1. The predicted molar refractivity (Wildman–Crippen MR) is 103 cm³/mol. The van der Waals surface area contributed by atoms with E-state index in [2.05, 4.69) is 64.8 Å². The summed E-state index contributed by atoms with van der Waals surface area (Å²) >= 11 is 0. The fourth-order valence-corrected chi connectivity index (χ4v) is 5.12. The Labute approximate surface area is 151 Å². The van der Waals surface area contributed by atoms with E-state index < -0.39 is 0 Å². The first-order valence-electron chi connectivity index (χ1n) is 9.96. The summed E-state index contributed by atoms with van der Waals surface area (Å²) in [5, 5.41) is 3.92. The molecule has 0 radical (unpaired) electrons. The van der Waals surface area contributed by atoms with Gasteiger partial charge in [0.1, 0.15) is 0 Å². The van der Waals surface area contributed by atoms with E-state index in [9.17, 15) is 0 Å². The minimum absolute atomic E-state index is 0.761. The van der Waals surface area contributed by atoms with Crippen molar-refractivity contribution in [2.45, 2.75) is 37.8 Å². The zero-order valence-electron chi connectivity index (χ0n) is 14.9. The number of rotatable bonds is 5. The van der Waals surface area contributed by atoms with Crippen molar-refractivity contribution >= 4 is 0 Å². The van der Waals surface area contributed by atoms with Crippen LogP contribution in [0.4, 0.5) is 0 Å². The molecule has 0 bridgehead atoms. The average molecular weight is 332 g/mol. The molecule has 2 heteroatoms. The van der Waals surface area contributed by atoms with Crippen molar-refractivity contribution < 1.29 is 0 Å². The highest BCUT2D eigenvalue weighted by Crippen LogP contribution is 2.56. The van der Waals surface area contributed by atoms with Crippen molar-refractivity contribution in [1.29, 1.82) is 0 Å². The Bertz CT molecular complexity index is 718. The second-order valence-electron chi connectivity index (χ2n) is 8.23. The Morgan fingerprint density at radius 3 is 2.52 bits per heavy atom. The van der Waals surface area contributed by atoms with Gasteiger partial charge in [0.25, 0.3) is 0 Å². The van der Waals surface area contributed by atoms with Crippen LogP contribution in [0, 0.1) is 11.8 Å². The van der Waals surface area contributed by atoms with Crippen LogP contribution in [0.15, 0.2) is 54.6 Å². The lowest BCUT2D eigenvalue weighted by molar-refractivity contribution is 0.175. The van der Waals surface area contributed by atoms with Gasteiger partial charge in [-0.1, -0.05) is 54.6 Å². The van der Waals surface area contributed by atoms with Gasteiger partial charge in [-0.3, -0.25) is 4.90 Å². The monoisotopic (exact) mass is 332 g/mol. The van der Waals surface area contributed by atoms with Gasteiger partial charge in [0.05, 0.1) is 0 Å². The number of fused-ring (bicyclic) bond motifs is 3. The maximum atomic E-state index is 3.92. The minimum atomic E-state index is 0.761. The molecule has 5 rings (SSSR count). The molecular formula is C23H28N2. The van der Waals surface area contributed by atoms with Crippen LogP contribution in [0.1, 0.15) is 35.4 Å². The summed E-state index contributed by atoms with van der Waals surface area (Å²) in [5.41, 5.74) is 4.68. The van der Waals surface area contributed by atoms with Crippen LogP contribution in [0.5, 0.6) is 0 Å². The Kier molecular flexibility index (Phi) is 4.11. The highest BCUT2D eigenvalue weighted by atomic mass is 15.1. The molecule has 1 saturated carbocycles. The zero-order valence-corrected chi connectivity index (χ0v) is 14.9. The largest absolute Gasteiger partial charge is 0.313 e. The van der Waals surface area contributed by atoms with E-state index in [0.717, 1.165) is 30.3 Å². The smallest absolute Gasteiger partial charge is 0.0233 e. The number of nitrogens with zero attached hydrogens (tertiary/aromatic N) is 1. The van der Waals surface area contributed by atoms with E-state index in [1.165, 1.54) is 44.5 Å². The molecule has 1 N–H and O–H groups in total. The highest BCUT2D eigenvalue weighted by Gasteiger charge is 2.55. The maximum absolute atomic E-state index is 3.92. The van der Waals surface area contributed by atoms with Gasteiger partial charge in [-0.15, -0.1) is 0 Å². The highest BCUT2D eigenvalue weighted by molar-refractivity contribution is 5.45. The summed E-state index contributed by atoms with van der Waals surface area (Å²) in [6, 6.07) is 20.7. The first kappa shape index (κ1) is 15.6. The number of nitrogens with one attached hydrogen (secondary N) is 1. The Hall–Kier alpha value is -1.64. The number of benzene rings is 2. The van der Waals surface area contributed by atoms with Gasteiger partial charge in [-0.05, 0) is 67.4 Å². The Balaban J connectivity index is 1.07. The first-order valence-corrected chi connectivity index (χ1v) is 9.96. The topological polar surface area (TPSA) is 15.3 Å². The molecule has 0 spiro atoms. The van der Waals surface area contributed by atoms with Crippen LogP contribution < -0.4 is 5.32 Å². The van der Waals surface area contributed by atoms with Crippen LogP contribution in [0.25, 0.3) is 0 Å². The zero-order chi connectivity index (χ0) is 16.6. The van der Waals surface area contributed by atoms with Gasteiger partial charge in [0.15, 0.2) is 0 Å². The van der Waals surface area contributed by atoms with Crippen molar-refractivity contribution in [1.82, 2.24) is 10.2 Å². The van der Waals surface area contributed by atoms with E-state index >= 15 is 0 Å². The van der Waals surface area contributed by atoms with Gasteiger partial charge >= 0.3 is 0 Å². The molecule has 2 aromatic rings. The Morgan fingerprint density at radius 1 is 0.920 bits per heavy atom. The molecule has 2 aliphatic carbocycles. The molecule has 0 amide bonds. The van der Waals surface area contributed by atoms with E-state index in [4.69, 9.17) is 0 Å². The van der Waals surface area contributed by atoms with Crippen molar-refractivity contribution in [2.75, 3.05) is 19.6 Å². The molecule has 3 unspecified atom stereocenters. The lowest BCUT2D eigenvalue weighted by Crippen LogP contribution is -2.37. The molecule has 2 aromatic carbocycles. The first-order chi connectivity index (χ1) is 12.4. The molecule has 130 valence electrons. The van der Waals surface area contributed by atoms with Gasteiger partial charge < -0.3 is 5.32 Å². The summed E-state index contributed by atoms with van der Waals surface area (Å²) in [6.07, 6.45) is 3.99. The van der Waals surface area contributed by atoms with E-state index in [0.29, 0.717) is 0 Å². The van der Waals surface area contributed by atoms with Crippen LogP contribution in [-0.2, 0) is 13.0 Å². The fraction of sp³-hybridized carbons (Fsp3) is 0.478. The van der Waals surface area contributed by atoms with Gasteiger partial charge in [-0.2, -0.15) is 0 Å². The number of hydrogen-bond acceptors (Lipinski definition) is 2.